The Kier molecular flexibility index (Phi) is 3.09. The van der Waals surface area contributed by atoms with Crippen molar-refractivity contribution in [2.45, 2.75) is 32.8 Å². The van der Waals surface area contributed by atoms with E-state index in [1.165, 1.54) is 0 Å². The molecule has 0 saturated heterocycles. The molecule has 12 heavy (non-hydrogen) atoms. The number of hydrogen-bond acceptors (Lipinski definition) is 3. The van der Waals surface area contributed by atoms with Crippen molar-refractivity contribution in [3.63, 3.8) is 0 Å². The summed E-state index contributed by atoms with van der Waals surface area (Å²) >= 11 is 0. The van der Waals surface area contributed by atoms with Crippen molar-refractivity contribution >= 4 is 5.97 Å². The fourth-order valence-corrected chi connectivity index (χ4v) is 1.66. The summed E-state index contributed by atoms with van der Waals surface area (Å²) in [6.07, 6.45) is 1.02. The van der Waals surface area contributed by atoms with E-state index >= 15 is 0 Å². The van der Waals surface area contributed by atoms with Crippen LogP contribution in [0.15, 0.2) is 0 Å². The maximum Gasteiger partial charge on any atom is 0.306 e. The Morgan fingerprint density at radius 3 is 2.75 bits per heavy atom. The Morgan fingerprint density at radius 2 is 2.33 bits per heavy atom. The zero-order valence-corrected chi connectivity index (χ0v) is 7.62. The van der Waals surface area contributed by atoms with Crippen molar-refractivity contribution in [2.24, 2.45) is 11.8 Å². The molecule has 0 radical (unpaired) electrons. The monoisotopic (exact) mass is 172 g/mol. The zero-order chi connectivity index (χ0) is 9.14. The number of rotatable bonds is 3. The van der Waals surface area contributed by atoms with Gasteiger partial charge in [0.05, 0.1) is 19.1 Å². The van der Waals surface area contributed by atoms with Gasteiger partial charge < -0.3 is 9.84 Å². The van der Waals surface area contributed by atoms with Crippen LogP contribution in [0.3, 0.4) is 0 Å². The van der Waals surface area contributed by atoms with Crippen LogP contribution >= 0.6 is 0 Å². The van der Waals surface area contributed by atoms with Gasteiger partial charge in [-0.1, -0.05) is 6.92 Å². The van der Waals surface area contributed by atoms with Crippen LogP contribution in [-0.2, 0) is 9.53 Å². The number of carbonyl (C=O) groups is 1. The maximum absolute atomic E-state index is 11.0. The van der Waals surface area contributed by atoms with Gasteiger partial charge in [-0.2, -0.15) is 0 Å². The number of aliphatic hydroxyl groups excluding tert-OH is 1. The third kappa shape index (κ3) is 1.97. The normalized spacial score (nSPS) is 34.1. The summed E-state index contributed by atoms with van der Waals surface area (Å²) in [6.45, 7) is 4.21. The first kappa shape index (κ1) is 9.52. The quantitative estimate of drug-likeness (QED) is 0.645. The molecular weight excluding hydrogens is 156 g/mol. The number of aliphatic hydroxyl groups is 1. The fourth-order valence-electron chi connectivity index (χ4n) is 1.66. The van der Waals surface area contributed by atoms with E-state index in [0.717, 1.165) is 6.42 Å². The molecule has 1 rings (SSSR count). The lowest BCUT2D eigenvalue weighted by Crippen LogP contribution is -2.41. The van der Waals surface area contributed by atoms with Gasteiger partial charge >= 0.3 is 5.97 Å². The first-order valence-corrected chi connectivity index (χ1v) is 4.48. The molecule has 0 aliphatic heterocycles. The highest BCUT2D eigenvalue weighted by atomic mass is 16.5. The molecule has 1 aliphatic rings. The van der Waals surface area contributed by atoms with Gasteiger partial charge in [-0.25, -0.2) is 0 Å². The van der Waals surface area contributed by atoms with E-state index in [1.807, 2.05) is 6.92 Å². The predicted octanol–water partition coefficient (Wildman–Crippen LogP) is 0.956. The lowest BCUT2D eigenvalue weighted by Gasteiger charge is -2.38. The van der Waals surface area contributed by atoms with Crippen LogP contribution in [0.1, 0.15) is 26.7 Å². The van der Waals surface area contributed by atoms with Crippen LogP contribution in [0.4, 0.5) is 0 Å². The molecule has 1 N–H and O–H groups in total. The fraction of sp³-hybridized carbons (Fsp3) is 0.889. The summed E-state index contributed by atoms with van der Waals surface area (Å²) in [7, 11) is 0. The molecule has 70 valence electrons. The zero-order valence-electron chi connectivity index (χ0n) is 7.62. The summed E-state index contributed by atoms with van der Waals surface area (Å²) in [5.41, 5.74) is 0. The van der Waals surface area contributed by atoms with Gasteiger partial charge in [0.1, 0.15) is 0 Å². The van der Waals surface area contributed by atoms with Gasteiger partial charge in [0.15, 0.2) is 0 Å². The molecule has 0 bridgehead atoms. The predicted molar refractivity (Wildman–Crippen MR) is 44.5 cm³/mol. The third-order valence-electron chi connectivity index (χ3n) is 2.47. The van der Waals surface area contributed by atoms with Crippen LogP contribution in [0.25, 0.3) is 0 Å². The Morgan fingerprint density at radius 1 is 1.67 bits per heavy atom. The van der Waals surface area contributed by atoms with Crippen molar-refractivity contribution < 1.29 is 14.6 Å². The molecule has 1 unspecified atom stereocenters. The van der Waals surface area contributed by atoms with Crippen LogP contribution in [0, 0.1) is 11.8 Å². The minimum Gasteiger partial charge on any atom is -0.466 e. The second-order valence-electron chi connectivity index (χ2n) is 3.47. The molecule has 3 heteroatoms. The molecule has 0 spiro atoms. The molecule has 3 atom stereocenters. The average molecular weight is 172 g/mol. The summed E-state index contributed by atoms with van der Waals surface area (Å²) in [6, 6.07) is 0. The third-order valence-corrected chi connectivity index (χ3v) is 2.47. The highest BCUT2D eigenvalue weighted by Gasteiger charge is 2.37. The van der Waals surface area contributed by atoms with E-state index in [4.69, 9.17) is 4.74 Å². The molecule has 0 heterocycles. The van der Waals surface area contributed by atoms with Gasteiger partial charge in [-0.3, -0.25) is 4.79 Å². The summed E-state index contributed by atoms with van der Waals surface area (Å²) in [5, 5.41) is 9.39. The standard InChI is InChI=1S/C9H16O3/c1-3-12-8(10)5-7-4-6(2)9(7)11/h6-7,9,11H,3-5H2,1-2H3/t6?,7-,9+/m0/s1. The lowest BCUT2D eigenvalue weighted by molar-refractivity contribution is -0.148. The summed E-state index contributed by atoms with van der Waals surface area (Å²) < 4.78 is 4.78. The van der Waals surface area contributed by atoms with Gasteiger partial charge in [0, 0.05) is 0 Å². The molecule has 1 saturated carbocycles. The van der Waals surface area contributed by atoms with E-state index in [0.29, 0.717) is 18.9 Å². The van der Waals surface area contributed by atoms with Gasteiger partial charge in [0.25, 0.3) is 0 Å². The van der Waals surface area contributed by atoms with Crippen molar-refractivity contribution in [3.05, 3.63) is 0 Å². The Labute approximate surface area is 72.7 Å². The topological polar surface area (TPSA) is 46.5 Å². The molecule has 1 aliphatic carbocycles. The van der Waals surface area contributed by atoms with E-state index in [9.17, 15) is 9.90 Å². The van der Waals surface area contributed by atoms with E-state index in [2.05, 4.69) is 0 Å². The van der Waals surface area contributed by atoms with Gasteiger partial charge in [0.2, 0.25) is 0 Å². The van der Waals surface area contributed by atoms with Crippen molar-refractivity contribution in [1.82, 2.24) is 0 Å². The van der Waals surface area contributed by atoms with Crippen molar-refractivity contribution in [1.29, 1.82) is 0 Å². The second kappa shape index (κ2) is 3.90. The Bertz CT molecular complexity index is 167. The van der Waals surface area contributed by atoms with Gasteiger partial charge in [-0.05, 0) is 25.2 Å². The minimum absolute atomic E-state index is 0.138. The van der Waals surface area contributed by atoms with Gasteiger partial charge in [-0.15, -0.1) is 0 Å². The molecular formula is C9H16O3. The highest BCUT2D eigenvalue weighted by molar-refractivity contribution is 5.69. The van der Waals surface area contributed by atoms with Crippen LogP contribution < -0.4 is 0 Å². The Balaban J connectivity index is 2.20. The summed E-state index contributed by atoms with van der Waals surface area (Å²) in [5.74, 6) is 0.303. The number of carbonyl (C=O) groups excluding carboxylic acids is 1. The second-order valence-corrected chi connectivity index (χ2v) is 3.47. The molecule has 0 aromatic rings. The van der Waals surface area contributed by atoms with E-state index in [1.54, 1.807) is 6.92 Å². The lowest BCUT2D eigenvalue weighted by atomic mass is 9.71. The largest absolute Gasteiger partial charge is 0.466 e. The SMILES string of the molecule is CCOC(=O)C[C@@H]1CC(C)[C@H]1O. The number of ether oxygens (including phenoxy) is 1. The molecule has 1 fully saturated rings. The first-order chi connectivity index (χ1) is 5.65. The van der Waals surface area contributed by atoms with E-state index in [-0.39, 0.29) is 18.0 Å². The van der Waals surface area contributed by atoms with E-state index < -0.39 is 0 Å². The maximum atomic E-state index is 11.0. The van der Waals surface area contributed by atoms with Crippen molar-refractivity contribution in [2.75, 3.05) is 6.61 Å². The van der Waals surface area contributed by atoms with Crippen LogP contribution in [-0.4, -0.2) is 23.8 Å². The van der Waals surface area contributed by atoms with Crippen molar-refractivity contribution in [3.8, 4) is 0 Å². The van der Waals surface area contributed by atoms with Crippen LogP contribution in [0.5, 0.6) is 0 Å². The molecule has 0 amide bonds. The summed E-state index contributed by atoms with van der Waals surface area (Å²) in [4.78, 5) is 11.0. The number of hydrogen-bond donors (Lipinski definition) is 1. The molecule has 0 aromatic carbocycles. The molecule has 0 aromatic heterocycles. The highest BCUT2D eigenvalue weighted by Crippen LogP contribution is 2.36. The first-order valence-electron chi connectivity index (χ1n) is 4.48. The molecule has 3 nitrogen and oxygen atoms in total. The minimum atomic E-state index is -0.297. The smallest absolute Gasteiger partial charge is 0.306 e. The average Bonchev–Trinajstić information content (AvgIpc) is 2.04. The van der Waals surface area contributed by atoms with Crippen LogP contribution in [0.2, 0.25) is 0 Å². The number of esters is 1. The Hall–Kier alpha value is -0.570.